The first-order valence-corrected chi connectivity index (χ1v) is 6.24. The summed E-state index contributed by atoms with van der Waals surface area (Å²) < 4.78 is 4.65. The predicted molar refractivity (Wildman–Crippen MR) is 69.7 cm³/mol. The molecule has 0 fully saturated rings. The van der Waals surface area contributed by atoms with E-state index in [9.17, 15) is 9.90 Å². The minimum absolute atomic E-state index is 0.145. The number of hydrogen-bond donors (Lipinski definition) is 1. The topological polar surface area (TPSA) is 59.4 Å². The molecule has 0 atom stereocenters. The number of aromatic nitrogens is 1. The fourth-order valence-corrected chi connectivity index (χ4v) is 2.60. The third-order valence-electron chi connectivity index (χ3n) is 2.45. The zero-order chi connectivity index (χ0) is 13.1. The van der Waals surface area contributed by atoms with E-state index in [0.717, 1.165) is 15.4 Å². The van der Waals surface area contributed by atoms with Gasteiger partial charge in [-0.05, 0) is 24.6 Å². The Labute approximate surface area is 109 Å². The number of carbonyl (C=O) groups excluding carboxylic acids is 1. The van der Waals surface area contributed by atoms with Crippen molar-refractivity contribution >= 4 is 17.3 Å². The van der Waals surface area contributed by atoms with E-state index in [0.29, 0.717) is 5.69 Å². The average Bonchev–Trinajstić information content (AvgIpc) is 2.70. The number of aryl methyl sites for hydroxylation is 1. The van der Waals surface area contributed by atoms with E-state index in [1.54, 1.807) is 18.2 Å². The Morgan fingerprint density at radius 3 is 2.94 bits per heavy atom. The van der Waals surface area contributed by atoms with Crippen molar-refractivity contribution < 1.29 is 14.6 Å². The summed E-state index contributed by atoms with van der Waals surface area (Å²) in [4.78, 5) is 16.6. The van der Waals surface area contributed by atoms with E-state index in [1.807, 2.05) is 13.0 Å². The largest absolute Gasteiger partial charge is 0.508 e. The van der Waals surface area contributed by atoms with Crippen molar-refractivity contribution in [2.24, 2.45) is 0 Å². The second kappa shape index (κ2) is 5.18. The van der Waals surface area contributed by atoms with Crippen LogP contribution in [0.15, 0.2) is 24.3 Å². The van der Waals surface area contributed by atoms with Crippen LogP contribution in [0.25, 0.3) is 10.4 Å². The van der Waals surface area contributed by atoms with Gasteiger partial charge < -0.3 is 9.84 Å². The number of ether oxygens (including phenoxy) is 1. The molecule has 0 spiro atoms. The van der Waals surface area contributed by atoms with Gasteiger partial charge in [0.05, 0.1) is 29.1 Å². The number of phenols is 1. The fourth-order valence-electron chi connectivity index (χ4n) is 1.67. The number of thiazole rings is 1. The third-order valence-corrected chi connectivity index (χ3v) is 3.51. The summed E-state index contributed by atoms with van der Waals surface area (Å²) in [6.45, 7) is 1.89. The first kappa shape index (κ1) is 12.6. The summed E-state index contributed by atoms with van der Waals surface area (Å²) >= 11 is 1.50. The quantitative estimate of drug-likeness (QED) is 0.864. The molecule has 4 nitrogen and oxygen atoms in total. The van der Waals surface area contributed by atoms with Crippen LogP contribution in [0.1, 0.15) is 10.7 Å². The zero-order valence-corrected chi connectivity index (χ0v) is 11.0. The van der Waals surface area contributed by atoms with Crippen molar-refractivity contribution in [3.63, 3.8) is 0 Å². The van der Waals surface area contributed by atoms with Crippen LogP contribution < -0.4 is 0 Å². The normalized spacial score (nSPS) is 10.3. The molecule has 18 heavy (non-hydrogen) atoms. The first-order valence-electron chi connectivity index (χ1n) is 5.42. The summed E-state index contributed by atoms with van der Waals surface area (Å²) in [6, 6.07) is 6.92. The number of rotatable bonds is 3. The Bertz CT molecular complexity index is 577. The molecule has 0 aliphatic carbocycles. The number of benzene rings is 1. The van der Waals surface area contributed by atoms with Crippen molar-refractivity contribution in [2.75, 3.05) is 7.11 Å². The van der Waals surface area contributed by atoms with Gasteiger partial charge >= 0.3 is 5.97 Å². The molecule has 0 saturated heterocycles. The Morgan fingerprint density at radius 1 is 1.50 bits per heavy atom. The van der Waals surface area contributed by atoms with Gasteiger partial charge in [0.25, 0.3) is 0 Å². The number of aromatic hydroxyl groups is 1. The molecular formula is C13H13NO3S. The van der Waals surface area contributed by atoms with Crippen LogP contribution in [0.3, 0.4) is 0 Å². The van der Waals surface area contributed by atoms with Crippen molar-refractivity contribution in [1.29, 1.82) is 0 Å². The van der Waals surface area contributed by atoms with E-state index in [4.69, 9.17) is 0 Å². The van der Waals surface area contributed by atoms with Gasteiger partial charge in [0, 0.05) is 0 Å². The minimum atomic E-state index is -0.318. The van der Waals surface area contributed by atoms with Crippen LogP contribution in [0.2, 0.25) is 0 Å². The number of methoxy groups -OCH3 is 1. The highest BCUT2D eigenvalue weighted by molar-refractivity contribution is 7.15. The molecule has 0 aliphatic rings. The standard InChI is InChI=1S/C13H13NO3S/c1-8-14-11(7-12(16)17-2)13(18-8)9-4-3-5-10(15)6-9/h3-6,15H,7H2,1-2H3. The lowest BCUT2D eigenvalue weighted by Crippen LogP contribution is -2.05. The lowest BCUT2D eigenvalue weighted by molar-refractivity contribution is -0.139. The maximum atomic E-state index is 11.3. The van der Waals surface area contributed by atoms with Crippen molar-refractivity contribution in [3.8, 4) is 16.2 Å². The molecule has 94 valence electrons. The first-order chi connectivity index (χ1) is 8.60. The maximum absolute atomic E-state index is 11.3. The van der Waals surface area contributed by atoms with Crippen LogP contribution in [0, 0.1) is 6.92 Å². The molecule has 0 bridgehead atoms. The summed E-state index contributed by atoms with van der Waals surface area (Å²) in [6.07, 6.45) is 0.145. The second-order valence-electron chi connectivity index (χ2n) is 3.81. The number of hydrogen-bond acceptors (Lipinski definition) is 5. The molecule has 1 aromatic carbocycles. The molecule has 1 N–H and O–H groups in total. The SMILES string of the molecule is COC(=O)Cc1nc(C)sc1-c1cccc(O)c1. The van der Waals surface area contributed by atoms with E-state index in [1.165, 1.54) is 18.4 Å². The number of carbonyl (C=O) groups is 1. The van der Waals surface area contributed by atoms with E-state index < -0.39 is 0 Å². The van der Waals surface area contributed by atoms with Crippen molar-refractivity contribution in [1.82, 2.24) is 4.98 Å². The lowest BCUT2D eigenvalue weighted by Gasteiger charge is -2.02. The fraction of sp³-hybridized carbons (Fsp3) is 0.231. The highest BCUT2D eigenvalue weighted by atomic mass is 32.1. The number of esters is 1. The smallest absolute Gasteiger partial charge is 0.311 e. The van der Waals surface area contributed by atoms with Crippen LogP contribution >= 0.6 is 11.3 Å². The van der Waals surface area contributed by atoms with Gasteiger partial charge in [-0.15, -0.1) is 11.3 Å². The van der Waals surface area contributed by atoms with Gasteiger partial charge in [-0.2, -0.15) is 0 Å². The summed E-state index contributed by atoms with van der Waals surface area (Å²) in [5.41, 5.74) is 1.55. The number of phenolic OH excluding ortho intramolecular Hbond substituents is 1. The highest BCUT2D eigenvalue weighted by Crippen LogP contribution is 2.32. The van der Waals surface area contributed by atoms with Crippen LogP contribution in [-0.4, -0.2) is 23.2 Å². The summed E-state index contributed by atoms with van der Waals surface area (Å²) in [7, 11) is 1.36. The third kappa shape index (κ3) is 2.68. The molecule has 0 amide bonds. The Hall–Kier alpha value is -1.88. The molecule has 2 aromatic rings. The van der Waals surface area contributed by atoms with Crippen LogP contribution in [0.4, 0.5) is 0 Å². The molecule has 0 saturated carbocycles. The van der Waals surface area contributed by atoms with Gasteiger partial charge in [0.15, 0.2) is 0 Å². The molecule has 0 radical (unpaired) electrons. The van der Waals surface area contributed by atoms with E-state index in [-0.39, 0.29) is 18.1 Å². The Morgan fingerprint density at radius 2 is 2.28 bits per heavy atom. The number of nitrogens with zero attached hydrogens (tertiary/aromatic N) is 1. The van der Waals surface area contributed by atoms with Gasteiger partial charge in [-0.25, -0.2) is 4.98 Å². The molecule has 0 aliphatic heterocycles. The second-order valence-corrected chi connectivity index (χ2v) is 5.02. The molecule has 1 aromatic heterocycles. The van der Waals surface area contributed by atoms with Gasteiger partial charge in [-0.1, -0.05) is 12.1 Å². The van der Waals surface area contributed by atoms with Gasteiger partial charge in [-0.3, -0.25) is 4.79 Å². The summed E-state index contributed by atoms with van der Waals surface area (Å²) in [5, 5.41) is 10.4. The zero-order valence-electron chi connectivity index (χ0n) is 10.1. The molecule has 0 unspecified atom stereocenters. The molecule has 1 heterocycles. The van der Waals surface area contributed by atoms with E-state index >= 15 is 0 Å². The summed E-state index contributed by atoms with van der Waals surface area (Å²) in [5.74, 6) is -0.121. The van der Waals surface area contributed by atoms with Gasteiger partial charge in [0.1, 0.15) is 5.75 Å². The molecule has 2 rings (SSSR count). The monoisotopic (exact) mass is 263 g/mol. The predicted octanol–water partition coefficient (Wildman–Crippen LogP) is 2.54. The van der Waals surface area contributed by atoms with Crippen molar-refractivity contribution in [3.05, 3.63) is 35.0 Å². The Kier molecular flexibility index (Phi) is 3.62. The maximum Gasteiger partial charge on any atom is 0.311 e. The average molecular weight is 263 g/mol. The molecule has 5 heteroatoms. The van der Waals surface area contributed by atoms with Crippen LogP contribution in [-0.2, 0) is 16.0 Å². The molecular weight excluding hydrogens is 250 g/mol. The van der Waals surface area contributed by atoms with Crippen LogP contribution in [0.5, 0.6) is 5.75 Å². The Balaban J connectivity index is 2.41. The van der Waals surface area contributed by atoms with Gasteiger partial charge in [0.2, 0.25) is 0 Å². The highest BCUT2D eigenvalue weighted by Gasteiger charge is 2.15. The minimum Gasteiger partial charge on any atom is -0.508 e. The lowest BCUT2D eigenvalue weighted by atomic mass is 10.1. The van der Waals surface area contributed by atoms with Crippen molar-refractivity contribution in [2.45, 2.75) is 13.3 Å². The van der Waals surface area contributed by atoms with E-state index in [2.05, 4.69) is 9.72 Å².